The van der Waals surface area contributed by atoms with Crippen molar-refractivity contribution < 1.29 is 0 Å². The Bertz CT molecular complexity index is 381. The first-order chi connectivity index (χ1) is 8.29. The summed E-state index contributed by atoms with van der Waals surface area (Å²) in [5.74, 6) is 0.838. The molecule has 1 aromatic rings. The molecule has 2 rings (SSSR count). The van der Waals surface area contributed by atoms with Crippen LogP contribution in [-0.2, 0) is 6.42 Å². The fourth-order valence-electron chi connectivity index (χ4n) is 2.76. The SMILES string of the molecule is CCCc1ccc(/C=C/C2CCCC2)c(C)c1. The lowest BCUT2D eigenvalue weighted by Crippen LogP contribution is -1.89. The van der Waals surface area contributed by atoms with E-state index in [0.717, 1.165) is 5.92 Å². The molecule has 1 saturated carbocycles. The van der Waals surface area contributed by atoms with E-state index < -0.39 is 0 Å². The lowest BCUT2D eigenvalue weighted by atomic mass is 10.00. The van der Waals surface area contributed by atoms with Crippen molar-refractivity contribution in [3.8, 4) is 0 Å². The van der Waals surface area contributed by atoms with Gasteiger partial charge in [-0.3, -0.25) is 0 Å². The third-order valence-electron chi connectivity index (χ3n) is 3.82. The molecule has 1 aliphatic carbocycles. The van der Waals surface area contributed by atoms with E-state index in [1.165, 1.54) is 55.2 Å². The molecule has 1 aliphatic rings. The molecule has 1 fully saturated rings. The molecule has 0 atom stereocenters. The Morgan fingerprint density at radius 2 is 2.00 bits per heavy atom. The highest BCUT2D eigenvalue weighted by atomic mass is 14.2. The van der Waals surface area contributed by atoms with E-state index in [2.05, 4.69) is 44.2 Å². The van der Waals surface area contributed by atoms with Crippen LogP contribution in [0.15, 0.2) is 24.3 Å². The summed E-state index contributed by atoms with van der Waals surface area (Å²) >= 11 is 0. The Kier molecular flexibility index (Phi) is 4.42. The summed E-state index contributed by atoms with van der Waals surface area (Å²) in [6.07, 6.45) is 12.8. The summed E-state index contributed by atoms with van der Waals surface area (Å²) in [4.78, 5) is 0. The van der Waals surface area contributed by atoms with E-state index in [1.54, 1.807) is 0 Å². The number of rotatable bonds is 4. The molecule has 92 valence electrons. The molecule has 1 aromatic carbocycles. The van der Waals surface area contributed by atoms with Gasteiger partial charge in [0.05, 0.1) is 0 Å². The smallest absolute Gasteiger partial charge is 0.0230 e. The van der Waals surface area contributed by atoms with Gasteiger partial charge in [-0.25, -0.2) is 0 Å². The zero-order valence-electron chi connectivity index (χ0n) is 11.2. The molecule has 0 spiro atoms. The zero-order valence-corrected chi connectivity index (χ0v) is 11.2. The number of hydrogen-bond donors (Lipinski definition) is 0. The normalized spacial score (nSPS) is 17.1. The standard InChI is InChI=1S/C17H24/c1-3-6-16-10-12-17(14(2)13-16)11-9-15-7-4-5-8-15/h9-13,15H,3-8H2,1-2H3/b11-9+. The molecule has 0 unspecified atom stereocenters. The van der Waals surface area contributed by atoms with Crippen molar-refractivity contribution >= 4 is 6.08 Å². The molecule has 0 heterocycles. The summed E-state index contributed by atoms with van der Waals surface area (Å²) in [5, 5.41) is 0. The first-order valence-electron chi connectivity index (χ1n) is 7.07. The Morgan fingerprint density at radius 3 is 2.65 bits per heavy atom. The number of allylic oxidation sites excluding steroid dienone is 1. The van der Waals surface area contributed by atoms with E-state index in [1.807, 2.05) is 0 Å². The van der Waals surface area contributed by atoms with Gasteiger partial charge in [0.25, 0.3) is 0 Å². The highest BCUT2D eigenvalue weighted by Gasteiger charge is 2.11. The van der Waals surface area contributed by atoms with Crippen molar-refractivity contribution in [3.63, 3.8) is 0 Å². The van der Waals surface area contributed by atoms with Crippen LogP contribution in [0, 0.1) is 12.8 Å². The maximum Gasteiger partial charge on any atom is -0.0230 e. The van der Waals surface area contributed by atoms with Crippen molar-refractivity contribution in [1.82, 2.24) is 0 Å². The number of aryl methyl sites for hydroxylation is 2. The van der Waals surface area contributed by atoms with Gasteiger partial charge in [-0.15, -0.1) is 0 Å². The predicted molar refractivity (Wildman–Crippen MR) is 76.2 cm³/mol. The lowest BCUT2D eigenvalue weighted by molar-refractivity contribution is 0.689. The van der Waals surface area contributed by atoms with Gasteiger partial charge < -0.3 is 0 Å². The average molecular weight is 228 g/mol. The highest BCUT2D eigenvalue weighted by molar-refractivity contribution is 5.54. The second-order valence-electron chi connectivity index (χ2n) is 5.34. The van der Waals surface area contributed by atoms with Gasteiger partial charge in [0.1, 0.15) is 0 Å². The first kappa shape index (κ1) is 12.4. The van der Waals surface area contributed by atoms with Crippen LogP contribution in [0.5, 0.6) is 0 Å². The second kappa shape index (κ2) is 6.05. The monoisotopic (exact) mass is 228 g/mol. The molecule has 17 heavy (non-hydrogen) atoms. The maximum atomic E-state index is 2.43. The van der Waals surface area contributed by atoms with E-state index >= 15 is 0 Å². The van der Waals surface area contributed by atoms with Crippen LogP contribution < -0.4 is 0 Å². The quantitative estimate of drug-likeness (QED) is 0.668. The van der Waals surface area contributed by atoms with Gasteiger partial charge >= 0.3 is 0 Å². The zero-order chi connectivity index (χ0) is 12.1. The molecule has 0 N–H and O–H groups in total. The predicted octanol–water partition coefficient (Wildman–Crippen LogP) is 5.15. The van der Waals surface area contributed by atoms with Crippen molar-refractivity contribution in [1.29, 1.82) is 0 Å². The molecule has 0 bridgehead atoms. The van der Waals surface area contributed by atoms with Crippen molar-refractivity contribution in [2.24, 2.45) is 5.92 Å². The minimum Gasteiger partial charge on any atom is -0.0808 e. The van der Waals surface area contributed by atoms with Crippen LogP contribution in [0.4, 0.5) is 0 Å². The fourth-order valence-corrected chi connectivity index (χ4v) is 2.76. The van der Waals surface area contributed by atoms with Crippen LogP contribution in [0.25, 0.3) is 6.08 Å². The van der Waals surface area contributed by atoms with Crippen LogP contribution in [-0.4, -0.2) is 0 Å². The van der Waals surface area contributed by atoms with Gasteiger partial charge in [-0.2, -0.15) is 0 Å². The van der Waals surface area contributed by atoms with Crippen LogP contribution in [0.1, 0.15) is 55.7 Å². The molecule has 0 radical (unpaired) electrons. The van der Waals surface area contributed by atoms with E-state index in [-0.39, 0.29) is 0 Å². The highest BCUT2D eigenvalue weighted by Crippen LogP contribution is 2.26. The van der Waals surface area contributed by atoms with Crippen molar-refractivity contribution in [2.45, 2.75) is 52.4 Å². The largest absolute Gasteiger partial charge is 0.0808 e. The topological polar surface area (TPSA) is 0 Å². The molecule has 0 heteroatoms. The first-order valence-corrected chi connectivity index (χ1v) is 7.07. The number of benzene rings is 1. The molecule has 0 aliphatic heterocycles. The van der Waals surface area contributed by atoms with Crippen LogP contribution in [0.2, 0.25) is 0 Å². The molecular formula is C17H24. The molecule has 0 aromatic heterocycles. The maximum absolute atomic E-state index is 2.43. The van der Waals surface area contributed by atoms with Crippen LogP contribution >= 0.6 is 0 Å². The van der Waals surface area contributed by atoms with Crippen molar-refractivity contribution in [3.05, 3.63) is 41.0 Å². The third kappa shape index (κ3) is 3.46. The second-order valence-corrected chi connectivity index (χ2v) is 5.34. The van der Waals surface area contributed by atoms with Gasteiger partial charge in [-0.05, 0) is 48.8 Å². The summed E-state index contributed by atoms with van der Waals surface area (Å²) in [7, 11) is 0. The molecule has 0 saturated heterocycles. The lowest BCUT2D eigenvalue weighted by Gasteiger charge is -2.06. The van der Waals surface area contributed by atoms with Crippen LogP contribution in [0.3, 0.4) is 0 Å². The Labute approximate surface area is 106 Å². The molecular weight excluding hydrogens is 204 g/mol. The van der Waals surface area contributed by atoms with Gasteiger partial charge in [0, 0.05) is 0 Å². The fraction of sp³-hybridized carbons (Fsp3) is 0.529. The molecule has 0 amide bonds. The summed E-state index contributed by atoms with van der Waals surface area (Å²) in [6, 6.07) is 6.91. The minimum atomic E-state index is 0.838. The van der Waals surface area contributed by atoms with E-state index in [4.69, 9.17) is 0 Å². The minimum absolute atomic E-state index is 0.838. The summed E-state index contributed by atoms with van der Waals surface area (Å²) < 4.78 is 0. The Hall–Kier alpha value is -1.04. The number of hydrogen-bond acceptors (Lipinski definition) is 0. The Morgan fingerprint density at radius 1 is 1.24 bits per heavy atom. The van der Waals surface area contributed by atoms with E-state index in [0.29, 0.717) is 0 Å². The molecule has 0 nitrogen and oxygen atoms in total. The van der Waals surface area contributed by atoms with Gasteiger partial charge in [0.15, 0.2) is 0 Å². The van der Waals surface area contributed by atoms with Crippen molar-refractivity contribution in [2.75, 3.05) is 0 Å². The van der Waals surface area contributed by atoms with E-state index in [9.17, 15) is 0 Å². The summed E-state index contributed by atoms with van der Waals surface area (Å²) in [6.45, 7) is 4.47. The summed E-state index contributed by atoms with van der Waals surface area (Å²) in [5.41, 5.74) is 4.30. The third-order valence-corrected chi connectivity index (χ3v) is 3.82. The van der Waals surface area contributed by atoms with Gasteiger partial charge in [-0.1, -0.05) is 56.5 Å². The Balaban J connectivity index is 2.05. The van der Waals surface area contributed by atoms with Gasteiger partial charge in [0.2, 0.25) is 0 Å². The average Bonchev–Trinajstić information content (AvgIpc) is 2.81.